The molecule has 2 N–H and O–H groups in total. The van der Waals surface area contributed by atoms with Crippen molar-refractivity contribution in [3.63, 3.8) is 0 Å². The summed E-state index contributed by atoms with van der Waals surface area (Å²) in [5, 5.41) is 6.04. The van der Waals surface area contributed by atoms with Gasteiger partial charge >= 0.3 is 0 Å². The number of aryl methyl sites for hydroxylation is 1. The van der Waals surface area contributed by atoms with Crippen LogP contribution in [0.2, 0.25) is 0 Å². The molecular weight excluding hydrogens is 408 g/mol. The molecule has 0 radical (unpaired) electrons. The van der Waals surface area contributed by atoms with Gasteiger partial charge in [-0.3, -0.25) is 29.5 Å². The number of nitrogens with zero attached hydrogens (tertiary/aromatic N) is 2. The normalized spacial score (nSPS) is 18.0. The maximum Gasteiger partial charge on any atom is 0.257 e. The van der Waals surface area contributed by atoms with Gasteiger partial charge in [-0.15, -0.1) is 0 Å². The van der Waals surface area contributed by atoms with E-state index in [0.717, 1.165) is 22.0 Å². The zero-order valence-electron chi connectivity index (χ0n) is 17.3. The number of carbonyl (C=O) groups is 4. The third-order valence-corrected chi connectivity index (χ3v) is 5.88. The number of imide groups is 1. The highest BCUT2D eigenvalue weighted by molar-refractivity contribution is 6.07. The van der Waals surface area contributed by atoms with Gasteiger partial charge in [0, 0.05) is 35.8 Å². The van der Waals surface area contributed by atoms with Gasteiger partial charge < -0.3 is 10.2 Å². The minimum atomic E-state index is -0.669. The van der Waals surface area contributed by atoms with Crippen molar-refractivity contribution in [2.24, 2.45) is 0 Å². The van der Waals surface area contributed by atoms with E-state index in [4.69, 9.17) is 0 Å². The van der Waals surface area contributed by atoms with Crippen LogP contribution in [0.3, 0.4) is 0 Å². The van der Waals surface area contributed by atoms with Crippen molar-refractivity contribution >= 4 is 40.2 Å². The van der Waals surface area contributed by atoms with Crippen molar-refractivity contribution in [1.29, 1.82) is 0 Å². The number of carbonyl (C=O) groups excluding carboxylic acids is 4. The fourth-order valence-electron chi connectivity index (χ4n) is 4.23. The Balaban J connectivity index is 1.34. The van der Waals surface area contributed by atoms with Crippen molar-refractivity contribution in [2.45, 2.75) is 32.4 Å². The fraction of sp³-hybridized carbons (Fsp3) is 0.208. The Morgan fingerprint density at radius 2 is 1.97 bits per heavy atom. The predicted octanol–water partition coefficient (Wildman–Crippen LogP) is 2.56. The van der Waals surface area contributed by atoms with Crippen molar-refractivity contribution in [2.75, 3.05) is 5.32 Å². The van der Waals surface area contributed by atoms with Gasteiger partial charge in [0.25, 0.3) is 11.8 Å². The second-order valence-electron chi connectivity index (χ2n) is 8.15. The van der Waals surface area contributed by atoms with Gasteiger partial charge in [-0.2, -0.15) is 0 Å². The lowest BCUT2D eigenvalue weighted by Crippen LogP contribution is -2.52. The van der Waals surface area contributed by atoms with Crippen LogP contribution < -0.4 is 10.6 Å². The van der Waals surface area contributed by atoms with Crippen LogP contribution >= 0.6 is 0 Å². The third kappa shape index (κ3) is 3.49. The monoisotopic (exact) mass is 428 g/mol. The topological polar surface area (TPSA) is 108 Å². The fourth-order valence-corrected chi connectivity index (χ4v) is 4.23. The van der Waals surface area contributed by atoms with Crippen molar-refractivity contribution in [3.05, 3.63) is 70.9 Å². The lowest BCUT2D eigenvalue weighted by atomic mass is 10.0. The van der Waals surface area contributed by atoms with Crippen molar-refractivity contribution in [3.8, 4) is 0 Å². The number of nitrogens with one attached hydrogen (secondary N) is 2. The number of aromatic nitrogens is 1. The van der Waals surface area contributed by atoms with Gasteiger partial charge in [0.05, 0.1) is 11.1 Å². The number of rotatable bonds is 3. The number of hydrogen-bond acceptors (Lipinski definition) is 5. The molecule has 0 bridgehead atoms. The highest BCUT2D eigenvalue weighted by Gasteiger charge is 2.39. The average Bonchev–Trinajstić information content (AvgIpc) is 3.08. The van der Waals surface area contributed by atoms with Crippen LogP contribution in [0.4, 0.5) is 5.69 Å². The zero-order chi connectivity index (χ0) is 22.4. The van der Waals surface area contributed by atoms with E-state index in [1.807, 2.05) is 25.1 Å². The number of hydrogen-bond donors (Lipinski definition) is 2. The van der Waals surface area contributed by atoms with Gasteiger partial charge in [-0.25, -0.2) is 0 Å². The lowest BCUT2D eigenvalue weighted by molar-refractivity contribution is -0.136. The zero-order valence-corrected chi connectivity index (χ0v) is 17.3. The average molecular weight is 428 g/mol. The highest BCUT2D eigenvalue weighted by atomic mass is 16.2. The number of piperidine rings is 1. The first-order valence-electron chi connectivity index (χ1n) is 10.3. The Bertz CT molecular complexity index is 1320. The van der Waals surface area contributed by atoms with E-state index < -0.39 is 11.9 Å². The number of benzene rings is 2. The summed E-state index contributed by atoms with van der Waals surface area (Å²) in [6.07, 6.45) is 2.05. The Kier molecular flexibility index (Phi) is 4.70. The summed E-state index contributed by atoms with van der Waals surface area (Å²) in [7, 11) is 0. The van der Waals surface area contributed by atoms with Crippen LogP contribution in [0.25, 0.3) is 10.9 Å². The molecule has 0 aliphatic carbocycles. The number of fused-ring (bicyclic) bond motifs is 2. The van der Waals surface area contributed by atoms with Crippen LogP contribution in [0, 0.1) is 6.92 Å². The minimum absolute atomic E-state index is 0.206. The molecule has 3 heterocycles. The molecular formula is C24H20N4O4. The summed E-state index contributed by atoms with van der Waals surface area (Å²) in [5.41, 5.74) is 4.11. The molecule has 2 aliphatic rings. The van der Waals surface area contributed by atoms with Gasteiger partial charge in [0.15, 0.2) is 0 Å². The third-order valence-electron chi connectivity index (χ3n) is 5.88. The molecule has 0 spiro atoms. The first-order chi connectivity index (χ1) is 15.4. The highest BCUT2D eigenvalue weighted by Crippen LogP contribution is 2.29. The maximum absolute atomic E-state index is 12.8. The van der Waals surface area contributed by atoms with Gasteiger partial charge in [0.2, 0.25) is 11.8 Å². The van der Waals surface area contributed by atoms with E-state index >= 15 is 0 Å². The molecule has 1 saturated heterocycles. The molecule has 5 rings (SSSR count). The van der Waals surface area contributed by atoms with E-state index in [2.05, 4.69) is 15.6 Å². The van der Waals surface area contributed by atoms with E-state index in [0.29, 0.717) is 23.2 Å². The van der Waals surface area contributed by atoms with Crippen LogP contribution in [0.5, 0.6) is 0 Å². The number of amides is 4. The maximum atomic E-state index is 12.8. The van der Waals surface area contributed by atoms with Crippen LogP contribution in [0.15, 0.2) is 48.7 Å². The van der Waals surface area contributed by atoms with Crippen molar-refractivity contribution in [1.82, 2.24) is 15.2 Å². The molecule has 32 heavy (non-hydrogen) atoms. The SMILES string of the molecule is Cc1ccc2ncc(C(=O)Nc3ccc4c(c3)CN(C3CCC(=O)NC3=O)C4=O)cc2c1. The van der Waals surface area contributed by atoms with Gasteiger partial charge in [-0.05, 0) is 55.3 Å². The summed E-state index contributed by atoms with van der Waals surface area (Å²) in [4.78, 5) is 55.0. The standard InChI is InChI=1S/C24H20N4O4/c1-13-2-5-19-14(8-13)9-15(11-25-19)22(30)26-17-3-4-18-16(10-17)12-28(24(18)32)20-6-7-21(29)27-23(20)31/h2-5,8-11,20H,6-7,12H2,1H3,(H,26,30)(H,27,29,31). The van der Waals surface area contributed by atoms with E-state index in [9.17, 15) is 19.2 Å². The summed E-state index contributed by atoms with van der Waals surface area (Å²) in [6, 6.07) is 12.1. The Morgan fingerprint density at radius 3 is 2.78 bits per heavy atom. The largest absolute Gasteiger partial charge is 0.322 e. The molecule has 4 amide bonds. The quantitative estimate of drug-likeness (QED) is 0.624. The molecule has 160 valence electrons. The summed E-state index contributed by atoms with van der Waals surface area (Å²) < 4.78 is 0. The number of anilines is 1. The lowest BCUT2D eigenvalue weighted by Gasteiger charge is -2.29. The van der Waals surface area contributed by atoms with Crippen molar-refractivity contribution < 1.29 is 19.2 Å². The molecule has 1 fully saturated rings. The molecule has 1 atom stereocenters. The van der Waals surface area contributed by atoms with E-state index in [-0.39, 0.29) is 30.7 Å². The summed E-state index contributed by atoms with van der Waals surface area (Å²) in [6.45, 7) is 2.23. The van der Waals surface area contributed by atoms with E-state index in [1.165, 1.54) is 11.1 Å². The van der Waals surface area contributed by atoms with Gasteiger partial charge in [0.1, 0.15) is 6.04 Å². The Morgan fingerprint density at radius 1 is 1.12 bits per heavy atom. The van der Waals surface area contributed by atoms with E-state index in [1.54, 1.807) is 24.3 Å². The molecule has 2 aliphatic heterocycles. The second-order valence-corrected chi connectivity index (χ2v) is 8.15. The number of pyridine rings is 1. The van der Waals surface area contributed by atoms with Crippen LogP contribution in [-0.2, 0) is 16.1 Å². The minimum Gasteiger partial charge on any atom is -0.322 e. The molecule has 2 aromatic carbocycles. The Hall–Kier alpha value is -4.07. The smallest absolute Gasteiger partial charge is 0.257 e. The first kappa shape index (κ1) is 19.9. The molecule has 3 aromatic rings. The predicted molar refractivity (Wildman–Crippen MR) is 117 cm³/mol. The molecule has 8 heteroatoms. The summed E-state index contributed by atoms with van der Waals surface area (Å²) >= 11 is 0. The van der Waals surface area contributed by atoms with Gasteiger partial charge in [-0.1, -0.05) is 11.6 Å². The second kappa shape index (κ2) is 7.56. The molecule has 8 nitrogen and oxygen atoms in total. The molecule has 1 aromatic heterocycles. The van der Waals surface area contributed by atoms with Crippen LogP contribution in [0.1, 0.15) is 44.7 Å². The van der Waals surface area contributed by atoms with Crippen LogP contribution in [-0.4, -0.2) is 39.6 Å². The Labute approximate surface area is 183 Å². The summed E-state index contributed by atoms with van der Waals surface area (Å²) in [5.74, 6) is -1.32. The molecule has 1 unspecified atom stereocenters. The first-order valence-corrected chi connectivity index (χ1v) is 10.3. The molecule has 0 saturated carbocycles.